The Hall–Kier alpha value is -14.2. The van der Waals surface area contributed by atoms with Crippen LogP contribution in [0.25, 0.3) is 0 Å². The van der Waals surface area contributed by atoms with Gasteiger partial charge in [-0.1, -0.05) is 78.3 Å². The number of aromatic amines is 1. The zero-order valence-electron chi connectivity index (χ0n) is 83.6. The molecule has 1 saturated heterocycles. The van der Waals surface area contributed by atoms with E-state index in [2.05, 4.69) is 106 Å². The summed E-state index contributed by atoms with van der Waals surface area (Å²) < 4.78 is 0. The van der Waals surface area contributed by atoms with Crippen LogP contribution in [-0.2, 0) is 118 Å². The number of amides is 19. The number of aliphatic hydroxyl groups excluding tert-OH is 3. The van der Waals surface area contributed by atoms with Crippen molar-refractivity contribution in [2.24, 2.45) is 46.4 Å². The minimum Gasteiger partial charge on any atom is -0.481 e. The van der Waals surface area contributed by atoms with Gasteiger partial charge in [-0.05, 0) is 153 Å². The van der Waals surface area contributed by atoms with Gasteiger partial charge in [0.05, 0.1) is 43.8 Å². The monoisotopic (exact) mass is 2070 g/mol. The average Bonchev–Trinajstić information content (AvgIpc) is 1.62. The molecule has 2 aromatic rings. The van der Waals surface area contributed by atoms with Crippen LogP contribution in [0.4, 0.5) is 0 Å². The number of hydrogen-bond acceptors (Lipinski definition) is 30. The first-order chi connectivity index (χ1) is 68.9. The maximum atomic E-state index is 15.1. The highest BCUT2D eigenvalue weighted by Gasteiger charge is 2.44. The number of rotatable bonds is 70. The SMILES string of the molecule is CC[C@H](C)[C@H](NC(=O)[C@@H](NC(=O)CNC(=O)[C@@H](NC(=O)[C@H](CC(N)=O)NC(=O)[C@@H](NC(=O)[C@H](Cc1c[nH]cn1)NC(=O)[C@@H]1CCCN1C(=O)[C@H](CCCCN)NC(=O)[C@@H](NC(=O)[C@H](CCCNC(=N)N)NC(=O)[C@H](CCC(=O)O)NC(=O)[C@H](Cc1ccccc1)NC(=O)[C@H](CCCCN)NC(=O)[C@H](CCC(=O)O)NC(=O)[C@H](CCCCN)NC(=O)[C@H](CO)NC(C)=O)[C@@H](C)O)C(C)C)C(C)C)[C@@H](C)O)C(=O)NCC(=O)O. The van der Waals surface area contributed by atoms with Gasteiger partial charge in [0.25, 0.3) is 0 Å². The molecule has 0 aliphatic carbocycles. The van der Waals surface area contributed by atoms with E-state index in [9.17, 15) is 126 Å². The van der Waals surface area contributed by atoms with E-state index < -0.39 is 321 Å². The van der Waals surface area contributed by atoms with Crippen LogP contribution in [0.15, 0.2) is 42.9 Å². The number of nitrogens with zero attached hydrogens (tertiary/aromatic N) is 2. The zero-order valence-corrected chi connectivity index (χ0v) is 83.6. The lowest BCUT2D eigenvalue weighted by Gasteiger charge is -2.32. The summed E-state index contributed by atoms with van der Waals surface area (Å²) in [4.78, 5) is 311. The molecule has 3 rings (SSSR count). The standard InChI is InChI=1S/C91H149N27O28/c1-10-48(6)72(86(142)101-43-69(129)130)116-89(145)73(49(7)120)113-66(124)42-100-85(141)70(46(2)3)114-82(138)62(40-65(95)123)112-87(143)71(47(4)5)115-81(137)61(39-53-41-98-45-102-53)111-84(140)64-28-21-37-118(64)90(146)59(26-16-19-35-94)109-88(144)74(50(8)121)117-79(135)56(27-20-36-99-91(96)97)105-78(134)58(30-32-68(127)128)108-80(136)60(38-52-22-12-11-13-23-52)110-76(132)55(25-15-18-34-93)104-77(133)57(29-31-67(125)126)107-75(131)54(24-14-17-33-92)106-83(139)63(44-119)103-51(9)122/h11-13,22-23,41,45-50,54-64,70-74,119-121H,10,14-21,24-40,42-44,92-94H2,1-9H3,(H2,95,123)(H,98,102)(H,100,141)(H,101,142)(H,103,122)(H,104,133)(H,105,134)(H,106,139)(H,107,131)(H,108,136)(H,109,144)(H,110,132)(H,111,140)(H,112,143)(H,113,124)(H,114,138)(H,115,137)(H,116,145)(H,117,135)(H,125,126)(H,127,128)(H,129,130)(H4,96,97,99)/t48-,49+,50+,54-,55-,56-,57-,58-,59-,60-,61-,62-,63-,64-,70-,71-,72-,73-,74-/m0/s1. The Morgan fingerprint density at radius 3 is 1.29 bits per heavy atom. The maximum absolute atomic E-state index is 15.1. The van der Waals surface area contributed by atoms with Crippen LogP contribution in [0, 0.1) is 23.2 Å². The number of hydrogen-bond donors (Lipinski definition) is 31. The Morgan fingerprint density at radius 2 is 0.836 bits per heavy atom. The number of likely N-dealkylation sites (tertiary alicyclic amines) is 1. The van der Waals surface area contributed by atoms with Crippen molar-refractivity contribution in [3.8, 4) is 0 Å². The van der Waals surface area contributed by atoms with Gasteiger partial charge in [-0.25, -0.2) is 4.98 Å². The minimum absolute atomic E-state index is 0.0411. The van der Waals surface area contributed by atoms with E-state index in [-0.39, 0.29) is 122 Å². The van der Waals surface area contributed by atoms with Crippen molar-refractivity contribution in [3.63, 3.8) is 0 Å². The van der Waals surface area contributed by atoms with Crippen LogP contribution in [0.2, 0.25) is 0 Å². The van der Waals surface area contributed by atoms with Gasteiger partial charge < -0.3 is 165 Å². The summed E-state index contributed by atoms with van der Waals surface area (Å²) in [6.07, 6.45) is -4.40. The van der Waals surface area contributed by atoms with E-state index in [1.54, 1.807) is 44.2 Å². The van der Waals surface area contributed by atoms with Crippen LogP contribution in [-0.4, -0.2) is 343 Å². The fourth-order valence-corrected chi connectivity index (χ4v) is 15.2. The van der Waals surface area contributed by atoms with Gasteiger partial charge >= 0.3 is 17.9 Å². The number of unbranched alkanes of at least 4 members (excludes halogenated alkanes) is 3. The van der Waals surface area contributed by atoms with Crippen molar-refractivity contribution < 1.29 is 136 Å². The number of benzene rings is 1. The maximum Gasteiger partial charge on any atom is 0.322 e. The van der Waals surface area contributed by atoms with Crippen molar-refractivity contribution >= 4 is 136 Å². The third-order valence-corrected chi connectivity index (χ3v) is 23.4. The number of carbonyl (C=O) groups excluding carboxylic acids is 19. The number of H-pyrrole nitrogens is 1. The Balaban J connectivity index is 1.99. The molecule has 1 aliphatic heterocycles. The molecule has 19 amide bonds. The zero-order chi connectivity index (χ0) is 110. The number of nitrogens with one attached hydrogen (secondary N) is 20. The van der Waals surface area contributed by atoms with E-state index in [1.807, 2.05) is 0 Å². The Morgan fingerprint density at radius 1 is 0.438 bits per heavy atom. The first-order valence-corrected chi connectivity index (χ1v) is 48.4. The number of carboxylic acids is 3. The first kappa shape index (κ1) is 126. The number of primary amides is 1. The lowest BCUT2D eigenvalue weighted by molar-refractivity contribution is -0.143. The van der Waals surface area contributed by atoms with Gasteiger partial charge in [-0.3, -0.25) is 111 Å². The average molecular weight is 2070 g/mol. The molecule has 1 aromatic heterocycles. The quantitative estimate of drug-likeness (QED) is 0.0166. The number of aliphatic carboxylic acids is 3. The number of guanidine groups is 1. The third-order valence-electron chi connectivity index (χ3n) is 23.4. The Bertz CT molecular complexity index is 4710. The van der Waals surface area contributed by atoms with E-state index >= 15 is 4.79 Å². The highest BCUT2D eigenvalue weighted by molar-refractivity contribution is 6.03. The smallest absolute Gasteiger partial charge is 0.322 e. The fourth-order valence-electron chi connectivity index (χ4n) is 15.2. The molecule has 146 heavy (non-hydrogen) atoms. The molecular weight excluding hydrogens is 1920 g/mol. The molecule has 0 bridgehead atoms. The number of imidazole rings is 1. The number of aliphatic hydroxyl groups is 3. The van der Waals surface area contributed by atoms with Crippen molar-refractivity contribution in [1.29, 1.82) is 5.41 Å². The van der Waals surface area contributed by atoms with E-state index in [1.165, 1.54) is 40.2 Å². The second-order valence-electron chi connectivity index (χ2n) is 36.2. The summed E-state index contributed by atoms with van der Waals surface area (Å²) in [6, 6.07) is -18.4. The van der Waals surface area contributed by atoms with Gasteiger partial charge in [-0.2, -0.15) is 0 Å². The molecular formula is C91H149N27O28. The molecule has 1 aliphatic rings. The summed E-state index contributed by atoms with van der Waals surface area (Å²) in [7, 11) is 0. The van der Waals surface area contributed by atoms with Gasteiger partial charge in [0.2, 0.25) is 112 Å². The number of carbonyl (C=O) groups is 22. The molecule has 0 spiro atoms. The van der Waals surface area contributed by atoms with Crippen LogP contribution >= 0.6 is 0 Å². The Labute approximate surface area is 843 Å². The van der Waals surface area contributed by atoms with Gasteiger partial charge in [-0.15, -0.1) is 0 Å². The molecule has 1 fully saturated rings. The van der Waals surface area contributed by atoms with E-state index in [0.717, 1.165) is 25.7 Å². The molecule has 2 heterocycles. The van der Waals surface area contributed by atoms with Crippen molar-refractivity contribution in [2.75, 3.05) is 52.4 Å². The number of aromatic nitrogens is 2. The van der Waals surface area contributed by atoms with Gasteiger partial charge in [0, 0.05) is 51.9 Å². The summed E-state index contributed by atoms with van der Waals surface area (Å²) in [5.74, 6) is -26.8. The lowest BCUT2D eigenvalue weighted by Crippen LogP contribution is -2.62. The second-order valence-corrected chi connectivity index (χ2v) is 36.2. The number of carboxylic acid groups (broad SMARTS) is 3. The normalized spacial score (nSPS) is 15.9. The van der Waals surface area contributed by atoms with Gasteiger partial charge in [0.1, 0.15) is 103 Å². The summed E-state index contributed by atoms with van der Waals surface area (Å²) >= 11 is 0. The molecule has 816 valence electrons. The molecule has 1 aromatic carbocycles. The van der Waals surface area contributed by atoms with Crippen molar-refractivity contribution in [2.45, 2.75) is 306 Å². The molecule has 0 unspecified atom stereocenters. The molecule has 0 saturated carbocycles. The van der Waals surface area contributed by atoms with Crippen LogP contribution in [0.3, 0.4) is 0 Å². The predicted molar refractivity (Wildman–Crippen MR) is 520 cm³/mol. The highest BCUT2D eigenvalue weighted by atomic mass is 16.4. The highest BCUT2D eigenvalue weighted by Crippen LogP contribution is 2.23. The van der Waals surface area contributed by atoms with Crippen molar-refractivity contribution in [1.82, 2.24) is 111 Å². The van der Waals surface area contributed by atoms with Crippen LogP contribution < -0.4 is 124 Å². The summed E-state index contributed by atoms with van der Waals surface area (Å²) in [6.45, 7) is 10.1. The van der Waals surface area contributed by atoms with Crippen LogP contribution in [0.5, 0.6) is 0 Å². The molecule has 19 atom stereocenters. The van der Waals surface area contributed by atoms with Gasteiger partial charge in [0.15, 0.2) is 5.96 Å². The summed E-state index contributed by atoms with van der Waals surface area (Å²) in [5, 5.41) is 112. The molecule has 55 nitrogen and oxygen atoms in total. The number of nitrogens with two attached hydrogens (primary N) is 5. The fraction of sp³-hybridized carbons (Fsp3) is 0.648. The largest absolute Gasteiger partial charge is 0.481 e. The third kappa shape index (κ3) is 45.8. The topological polar surface area (TPSA) is 899 Å². The van der Waals surface area contributed by atoms with Crippen LogP contribution in [0.1, 0.15) is 196 Å². The second kappa shape index (κ2) is 65.9. The van der Waals surface area contributed by atoms with E-state index in [4.69, 9.17) is 39.2 Å². The van der Waals surface area contributed by atoms with Crippen molar-refractivity contribution in [3.05, 3.63) is 54.1 Å². The summed E-state index contributed by atoms with van der Waals surface area (Å²) in [5.41, 5.74) is 29.1. The first-order valence-electron chi connectivity index (χ1n) is 48.4. The Kier molecular flexibility index (Phi) is 56.9. The lowest BCUT2D eigenvalue weighted by atomic mass is 9.97. The molecule has 55 heteroatoms. The molecule has 36 N–H and O–H groups in total. The molecule has 0 radical (unpaired) electrons. The predicted octanol–water partition coefficient (Wildman–Crippen LogP) is -9.84. The minimum atomic E-state index is -2.00. The van der Waals surface area contributed by atoms with E-state index in [0.29, 0.717) is 18.4 Å².